The van der Waals surface area contributed by atoms with Crippen molar-refractivity contribution >= 4 is 29.5 Å². The van der Waals surface area contributed by atoms with E-state index in [0.29, 0.717) is 18.1 Å². The molecule has 0 radical (unpaired) electrons. The first-order valence-corrected chi connectivity index (χ1v) is 8.47. The van der Waals surface area contributed by atoms with Gasteiger partial charge in [0.1, 0.15) is 0 Å². The molecule has 0 atom stereocenters. The van der Waals surface area contributed by atoms with Crippen molar-refractivity contribution in [2.75, 3.05) is 13.1 Å². The number of benzene rings is 2. The molecule has 2 aromatic carbocycles. The highest BCUT2D eigenvalue weighted by molar-refractivity contribution is 6.30. The van der Waals surface area contributed by atoms with Gasteiger partial charge in [0.05, 0.1) is 0 Å². The fraction of sp³-hybridized carbons (Fsp3) is 0.200. The van der Waals surface area contributed by atoms with Crippen LogP contribution >= 0.6 is 11.6 Å². The molecule has 0 aliphatic heterocycles. The quantitative estimate of drug-likeness (QED) is 0.737. The molecule has 0 saturated carbocycles. The van der Waals surface area contributed by atoms with E-state index in [0.717, 1.165) is 17.5 Å². The molecule has 0 bridgehead atoms. The van der Waals surface area contributed by atoms with Gasteiger partial charge in [-0.15, -0.1) is 0 Å². The summed E-state index contributed by atoms with van der Waals surface area (Å²) in [5.74, 6) is -0.564. The Kier molecular flexibility index (Phi) is 7.23. The molecule has 4 nitrogen and oxygen atoms in total. The Labute approximate surface area is 152 Å². The lowest BCUT2D eigenvalue weighted by Gasteiger charge is -2.20. The molecule has 130 valence electrons. The summed E-state index contributed by atoms with van der Waals surface area (Å²) in [5, 5.41) is 0.648. The summed E-state index contributed by atoms with van der Waals surface area (Å²) in [6.45, 7) is 0.840. The Morgan fingerprint density at radius 3 is 2.32 bits per heavy atom. The molecule has 25 heavy (non-hydrogen) atoms. The van der Waals surface area contributed by atoms with Crippen LogP contribution in [0.15, 0.2) is 60.7 Å². The molecule has 0 aliphatic carbocycles. The summed E-state index contributed by atoms with van der Waals surface area (Å²) >= 11 is 5.85. The van der Waals surface area contributed by atoms with Crippen molar-refractivity contribution in [3.8, 4) is 0 Å². The van der Waals surface area contributed by atoms with Crippen LogP contribution in [0, 0.1) is 0 Å². The van der Waals surface area contributed by atoms with Crippen LogP contribution < -0.4 is 5.73 Å². The van der Waals surface area contributed by atoms with Crippen LogP contribution in [0.1, 0.15) is 17.5 Å². The van der Waals surface area contributed by atoms with Crippen LogP contribution in [-0.2, 0) is 16.0 Å². The topological polar surface area (TPSA) is 63.4 Å². The van der Waals surface area contributed by atoms with Crippen LogP contribution in [0.4, 0.5) is 0 Å². The zero-order chi connectivity index (χ0) is 18.1. The maximum absolute atomic E-state index is 12.5. The van der Waals surface area contributed by atoms with Gasteiger partial charge < -0.3 is 10.6 Å². The first-order valence-electron chi connectivity index (χ1n) is 8.09. The molecule has 0 fully saturated rings. The Hall–Kier alpha value is -2.59. The molecule has 0 heterocycles. The first-order chi connectivity index (χ1) is 12.0. The highest BCUT2D eigenvalue weighted by Gasteiger charge is 2.12. The number of primary amides is 1. The normalized spacial score (nSPS) is 10.8. The summed E-state index contributed by atoms with van der Waals surface area (Å²) in [6.07, 6.45) is 4.11. The summed E-state index contributed by atoms with van der Waals surface area (Å²) < 4.78 is 0. The predicted molar refractivity (Wildman–Crippen MR) is 101 cm³/mol. The standard InChI is InChI=1S/C20H21ClN2O2/c21-18-9-6-17(7-10-18)8-11-20(25)23(15-13-19(22)24)14-12-16-4-2-1-3-5-16/h1-11H,12-15H2,(H2,22,24)/b11-8+. The number of rotatable bonds is 8. The van der Waals surface area contributed by atoms with Gasteiger partial charge in [0.2, 0.25) is 11.8 Å². The summed E-state index contributed by atoms with van der Waals surface area (Å²) in [4.78, 5) is 25.2. The van der Waals surface area contributed by atoms with Gasteiger partial charge in [-0.3, -0.25) is 9.59 Å². The molecule has 0 aromatic heterocycles. The monoisotopic (exact) mass is 356 g/mol. The number of halogens is 1. The Morgan fingerprint density at radius 1 is 1.00 bits per heavy atom. The van der Waals surface area contributed by atoms with Crippen molar-refractivity contribution in [3.05, 3.63) is 76.8 Å². The average molecular weight is 357 g/mol. The highest BCUT2D eigenvalue weighted by atomic mass is 35.5. The van der Waals surface area contributed by atoms with E-state index < -0.39 is 5.91 Å². The van der Waals surface area contributed by atoms with E-state index in [9.17, 15) is 9.59 Å². The maximum Gasteiger partial charge on any atom is 0.246 e. The van der Waals surface area contributed by atoms with E-state index in [1.165, 1.54) is 6.08 Å². The minimum atomic E-state index is -0.417. The summed E-state index contributed by atoms with van der Waals surface area (Å²) in [6, 6.07) is 17.1. The van der Waals surface area contributed by atoms with Crippen molar-refractivity contribution in [2.24, 2.45) is 5.73 Å². The molecule has 2 amide bonds. The van der Waals surface area contributed by atoms with Gasteiger partial charge in [-0.1, -0.05) is 54.1 Å². The van der Waals surface area contributed by atoms with Gasteiger partial charge in [-0.05, 0) is 35.8 Å². The van der Waals surface area contributed by atoms with Gasteiger partial charge >= 0.3 is 0 Å². The minimum Gasteiger partial charge on any atom is -0.370 e. The first kappa shape index (κ1) is 18.7. The Bertz CT molecular complexity index is 727. The molecule has 0 saturated heterocycles. The molecule has 0 unspecified atom stereocenters. The fourth-order valence-electron chi connectivity index (χ4n) is 2.33. The second-order valence-electron chi connectivity index (χ2n) is 5.66. The Balaban J connectivity index is 2.00. The zero-order valence-corrected chi connectivity index (χ0v) is 14.7. The number of nitrogens with two attached hydrogens (primary N) is 1. The summed E-state index contributed by atoms with van der Waals surface area (Å²) in [7, 11) is 0. The lowest BCUT2D eigenvalue weighted by Crippen LogP contribution is -2.34. The molecule has 0 aliphatic rings. The highest BCUT2D eigenvalue weighted by Crippen LogP contribution is 2.11. The van der Waals surface area contributed by atoms with E-state index in [-0.39, 0.29) is 12.3 Å². The van der Waals surface area contributed by atoms with E-state index in [1.54, 1.807) is 23.1 Å². The van der Waals surface area contributed by atoms with E-state index in [1.807, 2.05) is 42.5 Å². The average Bonchev–Trinajstić information content (AvgIpc) is 2.61. The van der Waals surface area contributed by atoms with Crippen LogP contribution in [0.25, 0.3) is 6.08 Å². The van der Waals surface area contributed by atoms with Crippen molar-refractivity contribution < 1.29 is 9.59 Å². The Morgan fingerprint density at radius 2 is 1.68 bits per heavy atom. The third kappa shape index (κ3) is 6.81. The number of hydrogen-bond donors (Lipinski definition) is 1. The van der Waals surface area contributed by atoms with Gasteiger partial charge in [0, 0.05) is 30.6 Å². The number of carbonyl (C=O) groups excluding carboxylic acids is 2. The van der Waals surface area contributed by atoms with E-state index in [2.05, 4.69) is 0 Å². The molecule has 2 rings (SSSR count). The van der Waals surface area contributed by atoms with Crippen molar-refractivity contribution in [3.63, 3.8) is 0 Å². The van der Waals surface area contributed by atoms with E-state index in [4.69, 9.17) is 17.3 Å². The van der Waals surface area contributed by atoms with Gasteiger partial charge in [-0.2, -0.15) is 0 Å². The third-order valence-corrected chi connectivity index (χ3v) is 3.99. The maximum atomic E-state index is 12.5. The van der Waals surface area contributed by atoms with Crippen LogP contribution in [0.3, 0.4) is 0 Å². The van der Waals surface area contributed by atoms with Crippen LogP contribution in [0.2, 0.25) is 5.02 Å². The zero-order valence-electron chi connectivity index (χ0n) is 13.9. The lowest BCUT2D eigenvalue weighted by molar-refractivity contribution is -0.126. The van der Waals surface area contributed by atoms with Crippen LogP contribution in [0.5, 0.6) is 0 Å². The fourth-order valence-corrected chi connectivity index (χ4v) is 2.46. The van der Waals surface area contributed by atoms with Gasteiger partial charge in [-0.25, -0.2) is 0 Å². The molecule has 2 N–H and O–H groups in total. The molecular weight excluding hydrogens is 336 g/mol. The predicted octanol–water partition coefficient (Wildman–Crippen LogP) is 3.30. The smallest absolute Gasteiger partial charge is 0.246 e. The van der Waals surface area contributed by atoms with Crippen LogP contribution in [-0.4, -0.2) is 29.8 Å². The van der Waals surface area contributed by atoms with E-state index >= 15 is 0 Å². The molecule has 0 spiro atoms. The van der Waals surface area contributed by atoms with Crippen molar-refractivity contribution in [1.29, 1.82) is 0 Å². The number of amides is 2. The van der Waals surface area contributed by atoms with Gasteiger partial charge in [0.15, 0.2) is 0 Å². The second kappa shape index (κ2) is 9.64. The van der Waals surface area contributed by atoms with Gasteiger partial charge in [0.25, 0.3) is 0 Å². The SMILES string of the molecule is NC(=O)CCN(CCc1ccccc1)C(=O)/C=C/c1ccc(Cl)cc1. The van der Waals surface area contributed by atoms with Crippen molar-refractivity contribution in [2.45, 2.75) is 12.8 Å². The lowest BCUT2D eigenvalue weighted by atomic mass is 10.1. The number of hydrogen-bond acceptors (Lipinski definition) is 2. The summed E-state index contributed by atoms with van der Waals surface area (Å²) in [5.41, 5.74) is 7.24. The molecular formula is C20H21ClN2O2. The molecule has 2 aromatic rings. The minimum absolute atomic E-state index is 0.146. The third-order valence-electron chi connectivity index (χ3n) is 3.74. The largest absolute Gasteiger partial charge is 0.370 e. The molecule has 5 heteroatoms. The second-order valence-corrected chi connectivity index (χ2v) is 6.10. The number of nitrogens with zero attached hydrogens (tertiary/aromatic N) is 1. The van der Waals surface area contributed by atoms with Crippen molar-refractivity contribution in [1.82, 2.24) is 4.90 Å². The number of carbonyl (C=O) groups is 2.